The van der Waals surface area contributed by atoms with Crippen LogP contribution in [0, 0.1) is 13.8 Å². The number of amides is 1. The van der Waals surface area contributed by atoms with Gasteiger partial charge in [-0.3, -0.25) is 4.79 Å². The largest absolute Gasteiger partial charge is 0.399 e. The molecule has 2 heterocycles. The predicted molar refractivity (Wildman–Crippen MR) is 114 cm³/mol. The molecule has 1 amide bonds. The van der Waals surface area contributed by atoms with E-state index in [9.17, 15) is 4.79 Å². The second-order valence-corrected chi connectivity index (χ2v) is 6.66. The van der Waals surface area contributed by atoms with Crippen LogP contribution in [-0.4, -0.2) is 35.0 Å². The summed E-state index contributed by atoms with van der Waals surface area (Å²) >= 11 is 0. The summed E-state index contributed by atoms with van der Waals surface area (Å²) in [6, 6.07) is 9.70. The number of piperidine rings is 1. The van der Waals surface area contributed by atoms with E-state index in [0.717, 1.165) is 48.8 Å². The van der Waals surface area contributed by atoms with E-state index < -0.39 is 0 Å². The Balaban J connectivity index is 0.00000182. The summed E-state index contributed by atoms with van der Waals surface area (Å²) < 4.78 is 0. The van der Waals surface area contributed by atoms with Crippen molar-refractivity contribution in [1.29, 1.82) is 0 Å². The highest BCUT2D eigenvalue weighted by atomic mass is 35.5. The summed E-state index contributed by atoms with van der Waals surface area (Å²) in [7, 11) is 0. The first-order valence-electron chi connectivity index (χ1n) is 8.70. The second-order valence-electron chi connectivity index (χ2n) is 6.66. The number of carbonyl (C=O) groups excluding carboxylic acids is 1. The summed E-state index contributed by atoms with van der Waals surface area (Å²) in [4.78, 5) is 23.3. The minimum absolute atomic E-state index is 0. The van der Waals surface area contributed by atoms with E-state index in [2.05, 4.69) is 20.2 Å². The number of halogens is 2. The van der Waals surface area contributed by atoms with Gasteiger partial charge in [0, 0.05) is 36.6 Å². The Morgan fingerprint density at radius 1 is 1.15 bits per heavy atom. The monoisotopic (exact) mass is 411 g/mol. The van der Waals surface area contributed by atoms with Gasteiger partial charge in [0.1, 0.15) is 11.6 Å². The molecule has 1 aromatic carbocycles. The number of benzene rings is 1. The fourth-order valence-corrected chi connectivity index (χ4v) is 3.21. The number of rotatable bonds is 4. The van der Waals surface area contributed by atoms with Crippen LogP contribution < -0.4 is 16.0 Å². The van der Waals surface area contributed by atoms with Crippen molar-refractivity contribution < 1.29 is 4.79 Å². The topological polar surface area (TPSA) is 84.1 Å². The Bertz CT molecular complexity index is 726. The highest BCUT2D eigenvalue weighted by Crippen LogP contribution is 2.19. The maximum Gasteiger partial charge on any atom is 0.224 e. The van der Waals surface area contributed by atoms with E-state index in [1.807, 2.05) is 44.2 Å². The lowest BCUT2D eigenvalue weighted by Crippen LogP contribution is -2.45. The first-order valence-corrected chi connectivity index (χ1v) is 8.70. The average molecular weight is 412 g/mol. The van der Waals surface area contributed by atoms with E-state index in [4.69, 9.17) is 5.73 Å². The normalized spacial score (nSPS) is 14.1. The first kappa shape index (κ1) is 23.0. The number of anilines is 2. The molecule has 2 aromatic rings. The van der Waals surface area contributed by atoms with Crippen molar-refractivity contribution in [2.24, 2.45) is 0 Å². The Morgan fingerprint density at radius 3 is 2.37 bits per heavy atom. The molecule has 148 valence electrons. The van der Waals surface area contributed by atoms with Crippen LogP contribution in [0.5, 0.6) is 0 Å². The van der Waals surface area contributed by atoms with Gasteiger partial charge in [0.05, 0.1) is 6.42 Å². The van der Waals surface area contributed by atoms with Crippen LogP contribution in [0.25, 0.3) is 0 Å². The van der Waals surface area contributed by atoms with Crippen molar-refractivity contribution in [3.8, 4) is 0 Å². The molecule has 8 heteroatoms. The molecular weight excluding hydrogens is 385 g/mol. The molecule has 0 atom stereocenters. The zero-order valence-electron chi connectivity index (χ0n) is 15.6. The third kappa shape index (κ3) is 6.56. The minimum Gasteiger partial charge on any atom is -0.399 e. The number of nitrogens with two attached hydrogens (primary N) is 1. The van der Waals surface area contributed by atoms with Gasteiger partial charge in [0.15, 0.2) is 0 Å². The number of carbonyl (C=O) groups is 1. The first-order chi connectivity index (χ1) is 12.0. The molecule has 0 spiro atoms. The minimum atomic E-state index is 0. The zero-order valence-corrected chi connectivity index (χ0v) is 17.3. The average Bonchev–Trinajstić information content (AvgIpc) is 2.57. The van der Waals surface area contributed by atoms with Gasteiger partial charge in [0.2, 0.25) is 5.91 Å². The number of nitrogen functional groups attached to an aromatic ring is 1. The number of nitrogens with zero attached hydrogens (tertiary/aromatic N) is 3. The Labute approximate surface area is 172 Å². The van der Waals surface area contributed by atoms with Gasteiger partial charge in [0.25, 0.3) is 0 Å². The van der Waals surface area contributed by atoms with Gasteiger partial charge < -0.3 is 16.0 Å². The molecule has 0 bridgehead atoms. The summed E-state index contributed by atoms with van der Waals surface area (Å²) in [5, 5.41) is 3.15. The van der Waals surface area contributed by atoms with E-state index in [1.165, 1.54) is 0 Å². The van der Waals surface area contributed by atoms with Crippen LogP contribution in [0.3, 0.4) is 0 Å². The maximum absolute atomic E-state index is 12.2. The van der Waals surface area contributed by atoms with Gasteiger partial charge in [-0.2, -0.15) is 0 Å². The molecule has 0 aliphatic carbocycles. The molecular formula is C19H27Cl2N5O. The molecule has 1 aliphatic rings. The van der Waals surface area contributed by atoms with Crippen LogP contribution in [0.1, 0.15) is 29.9 Å². The Hall–Kier alpha value is -2.05. The fourth-order valence-electron chi connectivity index (χ4n) is 3.21. The van der Waals surface area contributed by atoms with Crippen LogP contribution >= 0.6 is 24.8 Å². The van der Waals surface area contributed by atoms with Gasteiger partial charge >= 0.3 is 0 Å². The summed E-state index contributed by atoms with van der Waals surface area (Å²) in [5.74, 6) is 1.85. The molecule has 3 N–H and O–H groups in total. The van der Waals surface area contributed by atoms with E-state index >= 15 is 0 Å². The fraction of sp³-hybridized carbons (Fsp3) is 0.421. The quantitative estimate of drug-likeness (QED) is 0.755. The molecule has 3 rings (SSSR count). The molecule has 1 aliphatic heterocycles. The molecule has 6 nitrogen and oxygen atoms in total. The lowest BCUT2D eigenvalue weighted by Gasteiger charge is -2.33. The number of nitrogens with one attached hydrogen (secondary N) is 1. The van der Waals surface area contributed by atoms with E-state index in [1.54, 1.807) is 0 Å². The Kier molecular flexibility index (Phi) is 8.79. The third-order valence-electron chi connectivity index (χ3n) is 4.48. The van der Waals surface area contributed by atoms with Crippen molar-refractivity contribution in [2.75, 3.05) is 23.7 Å². The number of aryl methyl sites for hydroxylation is 2. The number of hydrogen-bond acceptors (Lipinski definition) is 5. The second kappa shape index (κ2) is 10.3. The van der Waals surface area contributed by atoms with Crippen LogP contribution in [0.15, 0.2) is 30.3 Å². The number of aromatic nitrogens is 2. The highest BCUT2D eigenvalue weighted by Gasteiger charge is 2.22. The van der Waals surface area contributed by atoms with E-state index in [0.29, 0.717) is 12.1 Å². The van der Waals surface area contributed by atoms with Gasteiger partial charge in [-0.05, 0) is 44.4 Å². The van der Waals surface area contributed by atoms with Crippen molar-refractivity contribution in [3.05, 3.63) is 47.4 Å². The summed E-state index contributed by atoms with van der Waals surface area (Å²) in [6.07, 6.45) is 2.25. The van der Waals surface area contributed by atoms with Gasteiger partial charge in [-0.15, -0.1) is 24.8 Å². The van der Waals surface area contributed by atoms with Crippen LogP contribution in [0.4, 0.5) is 11.5 Å². The molecule has 1 aromatic heterocycles. The standard InChI is InChI=1S/C19H25N5O.2ClH/c1-13-11-18(22-14(2)21-13)24-9-7-17(8-10-24)23-19(25)12-15-3-5-16(20)6-4-15;;/h3-6,11,17H,7-10,12,20H2,1-2H3,(H,23,25);2*1H. The number of hydrogen-bond donors (Lipinski definition) is 2. The molecule has 27 heavy (non-hydrogen) atoms. The lowest BCUT2D eigenvalue weighted by molar-refractivity contribution is -0.121. The Morgan fingerprint density at radius 2 is 1.78 bits per heavy atom. The molecule has 0 saturated carbocycles. The van der Waals surface area contributed by atoms with Crippen molar-refractivity contribution in [2.45, 2.75) is 39.2 Å². The molecule has 1 saturated heterocycles. The lowest BCUT2D eigenvalue weighted by atomic mass is 10.0. The summed E-state index contributed by atoms with van der Waals surface area (Å²) in [5.41, 5.74) is 8.36. The molecule has 0 unspecified atom stereocenters. The maximum atomic E-state index is 12.2. The van der Waals surface area contributed by atoms with Gasteiger partial charge in [-0.25, -0.2) is 9.97 Å². The highest BCUT2D eigenvalue weighted by molar-refractivity contribution is 5.85. The van der Waals surface area contributed by atoms with Crippen LogP contribution in [-0.2, 0) is 11.2 Å². The van der Waals surface area contributed by atoms with Crippen molar-refractivity contribution in [3.63, 3.8) is 0 Å². The van der Waals surface area contributed by atoms with Crippen molar-refractivity contribution in [1.82, 2.24) is 15.3 Å². The van der Waals surface area contributed by atoms with Gasteiger partial charge in [-0.1, -0.05) is 12.1 Å². The van der Waals surface area contributed by atoms with Crippen molar-refractivity contribution >= 4 is 42.2 Å². The van der Waals surface area contributed by atoms with E-state index in [-0.39, 0.29) is 36.8 Å². The SMILES string of the molecule is Cc1cc(N2CCC(NC(=O)Cc3ccc(N)cc3)CC2)nc(C)n1.Cl.Cl. The molecule has 0 radical (unpaired) electrons. The third-order valence-corrected chi connectivity index (χ3v) is 4.48. The zero-order chi connectivity index (χ0) is 17.8. The van der Waals surface area contributed by atoms with Crippen LogP contribution in [0.2, 0.25) is 0 Å². The summed E-state index contributed by atoms with van der Waals surface area (Å²) in [6.45, 7) is 5.69. The molecule has 1 fully saturated rings. The predicted octanol–water partition coefficient (Wildman–Crippen LogP) is 2.85. The smallest absolute Gasteiger partial charge is 0.224 e.